The van der Waals surface area contributed by atoms with Crippen molar-refractivity contribution in [3.63, 3.8) is 0 Å². The second-order valence-electron chi connectivity index (χ2n) is 4.44. The molecule has 0 aliphatic heterocycles. The Labute approximate surface area is 133 Å². The van der Waals surface area contributed by atoms with Gasteiger partial charge in [0.2, 0.25) is 0 Å². The molecule has 1 rings (SSSR count). The smallest absolute Gasteiger partial charge is 0.191 e. The zero-order valence-corrected chi connectivity index (χ0v) is 14.5. The number of halogens is 1. The van der Waals surface area contributed by atoms with Gasteiger partial charge >= 0.3 is 0 Å². The number of rotatable bonds is 7. The van der Waals surface area contributed by atoms with Crippen LogP contribution < -0.4 is 10.6 Å². The van der Waals surface area contributed by atoms with E-state index in [1.165, 1.54) is 25.7 Å². The maximum absolute atomic E-state index is 4.19. The summed E-state index contributed by atoms with van der Waals surface area (Å²) in [6, 6.07) is 0. The maximum atomic E-state index is 4.19. The summed E-state index contributed by atoms with van der Waals surface area (Å²) in [5.74, 6) is 0.857. The lowest BCUT2D eigenvalue weighted by Crippen LogP contribution is -2.37. The minimum absolute atomic E-state index is 0. The van der Waals surface area contributed by atoms with Gasteiger partial charge in [0.1, 0.15) is 0 Å². The zero-order chi connectivity index (χ0) is 13.2. The molecule has 0 radical (unpaired) electrons. The second kappa shape index (κ2) is 11.1. The zero-order valence-electron chi connectivity index (χ0n) is 12.1. The lowest BCUT2D eigenvalue weighted by Gasteiger charge is -2.10. The van der Waals surface area contributed by atoms with Crippen LogP contribution in [0, 0.1) is 0 Å². The van der Waals surface area contributed by atoms with Crippen molar-refractivity contribution < 1.29 is 0 Å². The van der Waals surface area contributed by atoms with E-state index >= 15 is 0 Å². The highest BCUT2D eigenvalue weighted by molar-refractivity contribution is 14.0. The highest BCUT2D eigenvalue weighted by atomic mass is 127. The van der Waals surface area contributed by atoms with Crippen LogP contribution in [0.2, 0.25) is 0 Å². The van der Waals surface area contributed by atoms with Crippen LogP contribution in [-0.4, -0.2) is 29.3 Å². The van der Waals surface area contributed by atoms with Crippen LogP contribution in [0.1, 0.15) is 38.2 Å². The Morgan fingerprint density at radius 3 is 2.68 bits per heavy atom. The van der Waals surface area contributed by atoms with Gasteiger partial charge in [-0.2, -0.15) is 5.10 Å². The minimum atomic E-state index is 0. The number of guanidine groups is 1. The van der Waals surface area contributed by atoms with Crippen molar-refractivity contribution in [1.29, 1.82) is 0 Å². The number of hydrogen-bond acceptors (Lipinski definition) is 2. The Hall–Kier alpha value is -0.790. The lowest BCUT2D eigenvalue weighted by atomic mass is 10.2. The van der Waals surface area contributed by atoms with E-state index in [1.807, 2.05) is 19.4 Å². The van der Waals surface area contributed by atoms with E-state index in [0.717, 1.165) is 24.6 Å². The van der Waals surface area contributed by atoms with Crippen LogP contribution in [0.5, 0.6) is 0 Å². The Kier molecular flexibility index (Phi) is 10.6. The predicted molar refractivity (Wildman–Crippen MR) is 91.0 cm³/mol. The summed E-state index contributed by atoms with van der Waals surface area (Å²) in [4.78, 5) is 4.19. The van der Waals surface area contributed by atoms with Gasteiger partial charge in [-0.05, 0) is 6.42 Å². The van der Waals surface area contributed by atoms with Gasteiger partial charge in [0.05, 0.1) is 6.20 Å². The molecule has 0 aliphatic rings. The molecule has 1 aromatic rings. The monoisotopic (exact) mass is 379 g/mol. The first-order valence-corrected chi connectivity index (χ1v) is 6.68. The summed E-state index contributed by atoms with van der Waals surface area (Å²) in [5.41, 5.74) is 1.16. The Bertz CT molecular complexity index is 362. The summed E-state index contributed by atoms with van der Waals surface area (Å²) in [5, 5.41) is 10.7. The highest BCUT2D eigenvalue weighted by Gasteiger charge is 1.99. The van der Waals surface area contributed by atoms with E-state index in [0.29, 0.717) is 0 Å². The molecule has 0 spiro atoms. The predicted octanol–water partition coefficient (Wildman–Crippen LogP) is 2.28. The molecule has 2 N–H and O–H groups in total. The summed E-state index contributed by atoms with van der Waals surface area (Å²) in [6.45, 7) is 3.96. The third-order valence-corrected chi connectivity index (χ3v) is 2.76. The molecule has 5 nitrogen and oxygen atoms in total. The first-order chi connectivity index (χ1) is 8.76. The largest absolute Gasteiger partial charge is 0.356 e. The average molecular weight is 379 g/mol. The number of nitrogens with one attached hydrogen (secondary N) is 2. The van der Waals surface area contributed by atoms with Gasteiger partial charge in [-0.3, -0.25) is 9.67 Å². The molecule has 0 atom stereocenters. The van der Waals surface area contributed by atoms with E-state index in [4.69, 9.17) is 0 Å². The first kappa shape index (κ1) is 18.2. The standard InChI is InChI=1S/C13H25N5.HI/c1-4-5-6-7-8-15-13(14-2)16-9-12-10-17-18(3)11-12;/h10-11H,4-9H2,1-3H3,(H2,14,15,16);1H. The molecule has 0 bridgehead atoms. The van der Waals surface area contributed by atoms with Gasteiger partial charge in [0.15, 0.2) is 5.96 Å². The Morgan fingerprint density at radius 1 is 1.32 bits per heavy atom. The molecule has 0 fully saturated rings. The van der Waals surface area contributed by atoms with Gasteiger partial charge in [0, 0.05) is 38.9 Å². The molecule has 0 saturated carbocycles. The molecular weight excluding hydrogens is 353 g/mol. The molecule has 0 aromatic carbocycles. The first-order valence-electron chi connectivity index (χ1n) is 6.68. The summed E-state index contributed by atoms with van der Waals surface area (Å²) in [6.07, 6.45) is 8.92. The fourth-order valence-corrected chi connectivity index (χ4v) is 1.73. The number of nitrogens with zero attached hydrogens (tertiary/aromatic N) is 3. The quantitative estimate of drug-likeness (QED) is 0.331. The number of hydrogen-bond donors (Lipinski definition) is 2. The molecule has 1 heterocycles. The summed E-state index contributed by atoms with van der Waals surface area (Å²) < 4.78 is 1.80. The molecule has 1 aromatic heterocycles. The van der Waals surface area contributed by atoms with Crippen molar-refractivity contribution in [1.82, 2.24) is 20.4 Å². The van der Waals surface area contributed by atoms with E-state index in [-0.39, 0.29) is 24.0 Å². The molecule has 19 heavy (non-hydrogen) atoms. The second-order valence-corrected chi connectivity index (χ2v) is 4.44. The molecular formula is C13H26IN5. The van der Waals surface area contributed by atoms with Crippen LogP contribution in [0.3, 0.4) is 0 Å². The average Bonchev–Trinajstić information content (AvgIpc) is 2.78. The Morgan fingerprint density at radius 2 is 2.11 bits per heavy atom. The lowest BCUT2D eigenvalue weighted by molar-refractivity contribution is 0.647. The van der Waals surface area contributed by atoms with Crippen LogP contribution in [-0.2, 0) is 13.6 Å². The normalized spacial score (nSPS) is 11.0. The topological polar surface area (TPSA) is 54.2 Å². The summed E-state index contributed by atoms with van der Waals surface area (Å²) >= 11 is 0. The van der Waals surface area contributed by atoms with Crippen LogP contribution >= 0.6 is 24.0 Å². The van der Waals surface area contributed by atoms with Crippen molar-refractivity contribution in [2.24, 2.45) is 12.0 Å². The number of aromatic nitrogens is 2. The molecule has 110 valence electrons. The van der Waals surface area contributed by atoms with E-state index in [1.54, 1.807) is 11.7 Å². The van der Waals surface area contributed by atoms with Crippen molar-refractivity contribution in [3.05, 3.63) is 18.0 Å². The highest BCUT2D eigenvalue weighted by Crippen LogP contribution is 1.97. The third-order valence-electron chi connectivity index (χ3n) is 2.76. The van der Waals surface area contributed by atoms with Gasteiger partial charge < -0.3 is 10.6 Å². The molecule has 0 aliphatic carbocycles. The summed E-state index contributed by atoms with van der Waals surface area (Å²) in [7, 11) is 3.72. The van der Waals surface area contributed by atoms with Gasteiger partial charge in [-0.15, -0.1) is 24.0 Å². The molecule has 0 amide bonds. The molecule has 6 heteroatoms. The van der Waals surface area contributed by atoms with Crippen molar-refractivity contribution in [3.8, 4) is 0 Å². The third kappa shape index (κ3) is 8.07. The fourth-order valence-electron chi connectivity index (χ4n) is 1.73. The van der Waals surface area contributed by atoms with E-state index in [2.05, 4.69) is 27.6 Å². The van der Waals surface area contributed by atoms with E-state index < -0.39 is 0 Å². The van der Waals surface area contributed by atoms with Crippen LogP contribution in [0.25, 0.3) is 0 Å². The SMILES string of the molecule is CCCCCCNC(=NC)NCc1cnn(C)c1.I. The molecule has 0 unspecified atom stereocenters. The van der Waals surface area contributed by atoms with Gasteiger partial charge in [0.25, 0.3) is 0 Å². The van der Waals surface area contributed by atoms with Gasteiger partial charge in [-0.1, -0.05) is 26.2 Å². The number of aliphatic imine (C=N–C) groups is 1. The van der Waals surface area contributed by atoms with Crippen molar-refractivity contribution in [2.45, 2.75) is 39.2 Å². The minimum Gasteiger partial charge on any atom is -0.356 e. The number of aryl methyl sites for hydroxylation is 1. The van der Waals surface area contributed by atoms with Crippen molar-refractivity contribution in [2.75, 3.05) is 13.6 Å². The van der Waals surface area contributed by atoms with E-state index in [9.17, 15) is 0 Å². The fraction of sp³-hybridized carbons (Fsp3) is 0.692. The van der Waals surface area contributed by atoms with Crippen LogP contribution in [0.4, 0.5) is 0 Å². The Balaban J connectivity index is 0.00000324. The maximum Gasteiger partial charge on any atom is 0.191 e. The van der Waals surface area contributed by atoms with Crippen molar-refractivity contribution >= 4 is 29.9 Å². The van der Waals surface area contributed by atoms with Gasteiger partial charge in [-0.25, -0.2) is 0 Å². The van der Waals surface area contributed by atoms with Crippen LogP contribution in [0.15, 0.2) is 17.4 Å². The number of unbranched alkanes of at least 4 members (excludes halogenated alkanes) is 3. The molecule has 0 saturated heterocycles.